The molecule has 1 aliphatic rings. The van der Waals surface area contributed by atoms with Crippen LogP contribution >= 0.6 is 11.6 Å². The Morgan fingerprint density at radius 2 is 1.73 bits per heavy atom. The molecule has 0 fully saturated rings. The first-order valence-corrected chi connectivity index (χ1v) is 12.5. The molecule has 0 spiro atoms. The normalized spacial score (nSPS) is 14.6. The summed E-state index contributed by atoms with van der Waals surface area (Å²) in [5, 5.41) is 18.5. The minimum absolute atomic E-state index is 0.0509. The molecule has 7 nitrogen and oxygen atoms in total. The molecule has 5 rings (SSSR count). The van der Waals surface area contributed by atoms with Crippen LogP contribution in [0, 0.1) is 0 Å². The predicted octanol–water partition coefficient (Wildman–Crippen LogP) is 5.80. The number of carbonyl (C=O) groups excluding carboxylic acids is 1. The number of phenolic OH excluding ortho intramolecular Hbond substituents is 1. The first-order chi connectivity index (χ1) is 17.9. The first kappa shape index (κ1) is 24.7. The van der Waals surface area contributed by atoms with Crippen LogP contribution in [-0.2, 0) is 12.8 Å². The number of benzene rings is 3. The van der Waals surface area contributed by atoms with Crippen LogP contribution in [0.4, 0.5) is 0 Å². The molecule has 0 saturated carbocycles. The molecule has 0 radical (unpaired) electrons. The number of amides is 1. The van der Waals surface area contributed by atoms with Crippen molar-refractivity contribution in [3.8, 4) is 28.5 Å². The minimum atomic E-state index is -0.374. The number of H-pyrrole nitrogens is 1. The number of methoxy groups -OCH3 is 2. The van der Waals surface area contributed by atoms with Crippen molar-refractivity contribution < 1.29 is 19.4 Å². The van der Waals surface area contributed by atoms with Crippen LogP contribution in [0.2, 0.25) is 5.02 Å². The largest absolute Gasteiger partial charge is 0.507 e. The Hall–Kier alpha value is -3.97. The number of nitrogens with zero attached hydrogens (tertiary/aromatic N) is 2. The number of rotatable bonds is 8. The van der Waals surface area contributed by atoms with Gasteiger partial charge in [-0.2, -0.15) is 5.10 Å². The number of carbonyl (C=O) groups is 1. The van der Waals surface area contributed by atoms with Gasteiger partial charge in [-0.05, 0) is 59.9 Å². The van der Waals surface area contributed by atoms with E-state index in [0.29, 0.717) is 46.4 Å². The second-order valence-electron chi connectivity index (χ2n) is 8.96. The number of aromatic nitrogens is 2. The Morgan fingerprint density at radius 3 is 2.43 bits per heavy atom. The smallest absolute Gasteiger partial charge is 0.273 e. The quantitative estimate of drug-likeness (QED) is 0.308. The average molecular weight is 518 g/mol. The van der Waals surface area contributed by atoms with Crippen LogP contribution in [-0.4, -0.2) is 46.9 Å². The summed E-state index contributed by atoms with van der Waals surface area (Å²) in [6.45, 7) is 2.58. The zero-order valence-electron chi connectivity index (χ0n) is 20.9. The lowest BCUT2D eigenvalue weighted by Gasteiger charge is -2.27. The molecule has 1 aliphatic heterocycles. The van der Waals surface area contributed by atoms with E-state index in [1.165, 1.54) is 11.6 Å². The topological polar surface area (TPSA) is 87.7 Å². The van der Waals surface area contributed by atoms with E-state index in [-0.39, 0.29) is 17.7 Å². The molecule has 37 heavy (non-hydrogen) atoms. The van der Waals surface area contributed by atoms with Crippen molar-refractivity contribution in [1.82, 2.24) is 15.1 Å². The number of fused-ring (bicyclic) bond motifs is 1. The lowest BCUT2D eigenvalue weighted by atomic mass is 9.94. The van der Waals surface area contributed by atoms with Crippen LogP contribution < -0.4 is 9.47 Å². The summed E-state index contributed by atoms with van der Waals surface area (Å²) in [5.74, 6) is 1.22. The Bertz CT molecular complexity index is 1450. The van der Waals surface area contributed by atoms with Crippen molar-refractivity contribution in [3.05, 3.63) is 93.6 Å². The van der Waals surface area contributed by atoms with E-state index in [9.17, 15) is 9.90 Å². The van der Waals surface area contributed by atoms with Gasteiger partial charge in [0.2, 0.25) is 0 Å². The van der Waals surface area contributed by atoms with Gasteiger partial charge in [-0.25, -0.2) is 0 Å². The summed E-state index contributed by atoms with van der Waals surface area (Å²) in [5.41, 5.74) is 5.36. The average Bonchev–Trinajstić information content (AvgIpc) is 3.47. The van der Waals surface area contributed by atoms with Crippen molar-refractivity contribution in [3.63, 3.8) is 0 Å². The van der Waals surface area contributed by atoms with Crippen LogP contribution in [0.1, 0.15) is 45.7 Å². The van der Waals surface area contributed by atoms with E-state index in [2.05, 4.69) is 41.4 Å². The predicted molar refractivity (Wildman–Crippen MR) is 143 cm³/mol. The first-order valence-electron chi connectivity index (χ1n) is 12.1. The summed E-state index contributed by atoms with van der Waals surface area (Å²) in [6, 6.07) is 18.5. The number of ether oxygens (including phenoxy) is 2. The molecular formula is C29H28ClN3O4. The number of hydrogen-bond donors (Lipinski definition) is 2. The maximum Gasteiger partial charge on any atom is 0.273 e. The lowest BCUT2D eigenvalue weighted by Crippen LogP contribution is -2.31. The monoisotopic (exact) mass is 517 g/mol. The van der Waals surface area contributed by atoms with Crippen LogP contribution in [0.3, 0.4) is 0 Å². The van der Waals surface area contributed by atoms with Gasteiger partial charge in [-0.15, -0.1) is 0 Å². The Morgan fingerprint density at radius 1 is 1.00 bits per heavy atom. The van der Waals surface area contributed by atoms with E-state index in [1.54, 1.807) is 26.4 Å². The minimum Gasteiger partial charge on any atom is -0.507 e. The Kier molecular flexibility index (Phi) is 6.80. The third kappa shape index (κ3) is 4.51. The second-order valence-corrected chi connectivity index (χ2v) is 9.39. The molecule has 8 heteroatoms. The molecule has 0 aliphatic carbocycles. The SMILES string of the molecule is CCc1ccc(C2c3c(-c4cc(Cl)ccc4O)n[nH]c3C(=O)N2CCc2ccc(OC)c(OC)c2)cc1. The molecule has 1 aromatic heterocycles. The van der Waals surface area contributed by atoms with Gasteiger partial charge < -0.3 is 19.5 Å². The van der Waals surface area contributed by atoms with E-state index in [0.717, 1.165) is 23.1 Å². The molecule has 0 bridgehead atoms. The molecule has 2 N–H and O–H groups in total. The van der Waals surface area contributed by atoms with Gasteiger partial charge in [0.15, 0.2) is 11.5 Å². The summed E-state index contributed by atoms with van der Waals surface area (Å²) >= 11 is 6.25. The molecule has 4 aromatic rings. The van der Waals surface area contributed by atoms with E-state index >= 15 is 0 Å². The van der Waals surface area contributed by atoms with Crippen molar-refractivity contribution >= 4 is 17.5 Å². The molecule has 1 unspecified atom stereocenters. The summed E-state index contributed by atoms with van der Waals surface area (Å²) < 4.78 is 10.8. The highest BCUT2D eigenvalue weighted by Gasteiger charge is 2.42. The third-order valence-corrected chi connectivity index (χ3v) is 7.11. The van der Waals surface area contributed by atoms with E-state index in [4.69, 9.17) is 21.1 Å². The van der Waals surface area contributed by atoms with Gasteiger partial charge in [0.1, 0.15) is 17.1 Å². The highest BCUT2D eigenvalue weighted by molar-refractivity contribution is 6.31. The molecule has 3 aromatic carbocycles. The Balaban J connectivity index is 1.55. The number of aryl methyl sites for hydroxylation is 1. The molecule has 1 atom stereocenters. The summed E-state index contributed by atoms with van der Waals surface area (Å²) in [4.78, 5) is 15.5. The fraction of sp³-hybridized carbons (Fsp3) is 0.241. The van der Waals surface area contributed by atoms with Gasteiger partial charge in [-0.3, -0.25) is 9.89 Å². The highest BCUT2D eigenvalue weighted by Crippen LogP contribution is 2.45. The number of nitrogens with one attached hydrogen (secondary N) is 1. The highest BCUT2D eigenvalue weighted by atomic mass is 35.5. The van der Waals surface area contributed by atoms with Crippen molar-refractivity contribution in [2.24, 2.45) is 0 Å². The molecule has 1 amide bonds. The Labute approximate surface area is 220 Å². The zero-order valence-corrected chi connectivity index (χ0v) is 21.7. The lowest BCUT2D eigenvalue weighted by molar-refractivity contribution is 0.0746. The second kappa shape index (κ2) is 10.2. The van der Waals surface area contributed by atoms with Crippen molar-refractivity contribution in [2.75, 3.05) is 20.8 Å². The summed E-state index contributed by atoms with van der Waals surface area (Å²) in [7, 11) is 3.21. The zero-order chi connectivity index (χ0) is 26.1. The molecule has 0 saturated heterocycles. The molecule has 190 valence electrons. The van der Waals surface area contributed by atoms with Gasteiger partial charge in [0, 0.05) is 22.7 Å². The standard InChI is InChI=1S/C29H28ClN3O4/c1-4-17-5-8-19(9-6-17)28-25-26(21-16-20(30)10-11-22(21)34)31-32-27(25)29(35)33(28)14-13-18-7-12-23(36-2)24(15-18)37-3/h5-12,15-16,28,34H,4,13-14H2,1-3H3,(H,31,32). The third-order valence-electron chi connectivity index (χ3n) is 6.87. The van der Waals surface area contributed by atoms with E-state index < -0.39 is 0 Å². The van der Waals surface area contributed by atoms with E-state index in [1.807, 2.05) is 23.1 Å². The number of hydrogen-bond acceptors (Lipinski definition) is 5. The van der Waals surface area contributed by atoms with Crippen molar-refractivity contribution in [2.45, 2.75) is 25.8 Å². The summed E-state index contributed by atoms with van der Waals surface area (Å²) in [6.07, 6.45) is 1.54. The number of aromatic amines is 1. The van der Waals surface area contributed by atoms with Gasteiger partial charge in [0.25, 0.3) is 5.91 Å². The van der Waals surface area contributed by atoms with Crippen LogP contribution in [0.5, 0.6) is 17.2 Å². The van der Waals surface area contributed by atoms with Gasteiger partial charge >= 0.3 is 0 Å². The van der Waals surface area contributed by atoms with Gasteiger partial charge in [-0.1, -0.05) is 48.9 Å². The number of phenols is 1. The maximum atomic E-state index is 13.7. The fourth-order valence-corrected chi connectivity index (χ4v) is 5.07. The van der Waals surface area contributed by atoms with Crippen LogP contribution in [0.25, 0.3) is 11.3 Å². The fourth-order valence-electron chi connectivity index (χ4n) is 4.90. The van der Waals surface area contributed by atoms with Crippen molar-refractivity contribution in [1.29, 1.82) is 0 Å². The number of aromatic hydroxyl groups is 1. The van der Waals surface area contributed by atoms with Crippen LogP contribution in [0.15, 0.2) is 60.7 Å². The molecular weight excluding hydrogens is 490 g/mol. The maximum absolute atomic E-state index is 13.7. The molecule has 2 heterocycles. The van der Waals surface area contributed by atoms with Gasteiger partial charge in [0.05, 0.1) is 20.3 Å². The number of halogens is 1.